The molecule has 6 rings (SSSR count). The monoisotopic (exact) mass is 548 g/mol. The first-order valence-electron chi connectivity index (χ1n) is 16.1. The van der Waals surface area contributed by atoms with Crippen LogP contribution in [0.1, 0.15) is 118 Å². The number of hydrogen-bond acceptors (Lipinski definition) is 1. The van der Waals surface area contributed by atoms with Gasteiger partial charge < -0.3 is 5.11 Å². The van der Waals surface area contributed by atoms with E-state index in [1.54, 1.807) is 6.07 Å². The maximum atomic E-state index is 10.1. The number of halogens is 1. The van der Waals surface area contributed by atoms with Crippen LogP contribution in [0.25, 0.3) is 5.57 Å². The molecule has 0 unspecified atom stereocenters. The van der Waals surface area contributed by atoms with Gasteiger partial charge in [-0.05, 0) is 145 Å². The van der Waals surface area contributed by atoms with Gasteiger partial charge in [0.2, 0.25) is 0 Å². The molecule has 0 bridgehead atoms. The summed E-state index contributed by atoms with van der Waals surface area (Å²) in [6.45, 7) is 22.5. The van der Waals surface area contributed by atoms with E-state index in [-0.39, 0.29) is 11.2 Å². The second-order valence-electron chi connectivity index (χ2n) is 16.1. The van der Waals surface area contributed by atoms with E-state index in [1.807, 2.05) is 6.07 Å². The molecule has 0 spiro atoms. The van der Waals surface area contributed by atoms with Gasteiger partial charge in [-0.25, -0.2) is 0 Å². The lowest BCUT2D eigenvalue weighted by Crippen LogP contribution is -2.65. The molecule has 1 nitrogen and oxygen atoms in total. The van der Waals surface area contributed by atoms with E-state index in [0.717, 1.165) is 30.1 Å². The molecule has 0 aromatic heterocycles. The highest BCUT2D eigenvalue weighted by molar-refractivity contribution is 6.32. The Bertz CT molecular complexity index is 1210. The summed E-state index contributed by atoms with van der Waals surface area (Å²) in [4.78, 5) is 0. The molecule has 1 aromatic rings. The first-order chi connectivity index (χ1) is 18.2. The van der Waals surface area contributed by atoms with E-state index < -0.39 is 0 Å². The zero-order chi connectivity index (χ0) is 28.2. The first kappa shape index (κ1) is 27.9. The zero-order valence-corrected chi connectivity index (χ0v) is 26.6. The maximum absolute atomic E-state index is 10.1. The molecule has 4 saturated carbocycles. The largest absolute Gasteiger partial charge is 0.506 e. The standard InChI is InChI=1S/C37H53ClO/c1-9-37-19-14-25(23(2)3)32(37)27-11-13-31-34(6)17-15-26(24-10-12-29(39)28(38)22-24)33(4,5)30(34)16-18-36(31,8)35(27,7)20-21-37/h10,12,15,22,25,27,30-32,39H,2,9,11,13-14,16-21H2,1,3-8H3/t25-,27+,30-,31+,32+,34-,35+,36+,37+/m0/s1. The topological polar surface area (TPSA) is 20.2 Å². The van der Waals surface area contributed by atoms with Crippen molar-refractivity contribution < 1.29 is 5.11 Å². The minimum absolute atomic E-state index is 0.0762. The van der Waals surface area contributed by atoms with Crippen LogP contribution in [-0.2, 0) is 0 Å². The lowest BCUT2D eigenvalue weighted by Gasteiger charge is -2.72. The number of phenolic OH excluding ortho intramolecular Hbond substituents is 1. The Morgan fingerprint density at radius 1 is 0.949 bits per heavy atom. The summed E-state index contributed by atoms with van der Waals surface area (Å²) in [5, 5.41) is 10.5. The minimum atomic E-state index is 0.0762. The third-order valence-corrected chi connectivity index (χ3v) is 15.1. The molecule has 4 fully saturated rings. The lowest BCUT2D eigenvalue weighted by molar-refractivity contribution is -0.225. The van der Waals surface area contributed by atoms with Crippen molar-refractivity contribution in [3.63, 3.8) is 0 Å². The van der Waals surface area contributed by atoms with Crippen LogP contribution in [0.15, 0.2) is 36.4 Å². The summed E-state index contributed by atoms with van der Waals surface area (Å²) in [6.07, 6.45) is 16.2. The fourth-order valence-corrected chi connectivity index (χ4v) is 12.8. The van der Waals surface area contributed by atoms with Gasteiger partial charge in [-0.2, -0.15) is 0 Å². The van der Waals surface area contributed by atoms with Gasteiger partial charge in [0.25, 0.3) is 0 Å². The molecular formula is C37H53ClO. The van der Waals surface area contributed by atoms with Crippen molar-refractivity contribution in [2.24, 2.45) is 56.7 Å². The zero-order valence-electron chi connectivity index (χ0n) is 25.8. The van der Waals surface area contributed by atoms with E-state index in [4.69, 9.17) is 11.6 Å². The van der Waals surface area contributed by atoms with Gasteiger partial charge in [-0.1, -0.05) is 83.9 Å². The Morgan fingerprint density at radius 3 is 2.36 bits per heavy atom. The first-order valence-corrected chi connectivity index (χ1v) is 16.5. The highest BCUT2D eigenvalue weighted by atomic mass is 35.5. The van der Waals surface area contributed by atoms with E-state index in [1.165, 1.54) is 74.5 Å². The smallest absolute Gasteiger partial charge is 0.134 e. The summed E-state index contributed by atoms with van der Waals surface area (Å²) >= 11 is 6.39. The van der Waals surface area contributed by atoms with Crippen LogP contribution in [0.4, 0.5) is 0 Å². The lowest BCUT2D eigenvalue weighted by atomic mass is 9.32. The summed E-state index contributed by atoms with van der Waals surface area (Å²) < 4.78 is 0. The molecule has 0 amide bonds. The summed E-state index contributed by atoms with van der Waals surface area (Å²) in [7, 11) is 0. The third-order valence-electron chi connectivity index (χ3n) is 14.8. The van der Waals surface area contributed by atoms with Crippen LogP contribution in [-0.4, -0.2) is 5.11 Å². The Morgan fingerprint density at radius 2 is 1.69 bits per heavy atom. The van der Waals surface area contributed by atoms with Gasteiger partial charge in [0.05, 0.1) is 5.02 Å². The van der Waals surface area contributed by atoms with Gasteiger partial charge in [0, 0.05) is 0 Å². The maximum Gasteiger partial charge on any atom is 0.134 e. The van der Waals surface area contributed by atoms with E-state index >= 15 is 0 Å². The molecular weight excluding hydrogens is 496 g/mol. The SMILES string of the molecule is C=C(C)[C@@H]1CC[C@]2(CC)CC[C@]3(C)[C@H](CC[C@@H]4[C@@]5(C)CC=C(c6ccc(O)c(Cl)c6)C(C)(C)[C@@H]5CC[C@]43C)[C@@H]12. The number of fused-ring (bicyclic) bond motifs is 7. The molecule has 1 N–H and O–H groups in total. The molecule has 5 aliphatic carbocycles. The molecule has 0 heterocycles. The van der Waals surface area contributed by atoms with Crippen molar-refractivity contribution in [3.8, 4) is 5.75 Å². The van der Waals surface area contributed by atoms with Crippen LogP contribution in [0.5, 0.6) is 5.75 Å². The van der Waals surface area contributed by atoms with Crippen molar-refractivity contribution in [3.05, 3.63) is 47.0 Å². The Labute approximate surface area is 243 Å². The van der Waals surface area contributed by atoms with Crippen molar-refractivity contribution in [2.75, 3.05) is 0 Å². The van der Waals surface area contributed by atoms with Gasteiger partial charge in [-0.15, -0.1) is 0 Å². The van der Waals surface area contributed by atoms with Gasteiger partial charge in [-0.3, -0.25) is 0 Å². The predicted octanol–water partition coefficient (Wildman–Crippen LogP) is 11.1. The van der Waals surface area contributed by atoms with Gasteiger partial charge in [0.15, 0.2) is 0 Å². The van der Waals surface area contributed by atoms with Crippen LogP contribution >= 0.6 is 11.6 Å². The number of hydrogen-bond donors (Lipinski definition) is 1. The molecule has 5 aliphatic rings. The number of allylic oxidation sites excluding steroid dienone is 3. The van der Waals surface area contributed by atoms with Crippen molar-refractivity contribution >= 4 is 17.2 Å². The molecule has 0 radical (unpaired) electrons. The molecule has 0 saturated heterocycles. The fourth-order valence-electron chi connectivity index (χ4n) is 12.7. The van der Waals surface area contributed by atoms with Crippen LogP contribution in [0, 0.1) is 56.7 Å². The second kappa shape index (κ2) is 8.89. The molecule has 2 heteroatoms. The quantitative estimate of drug-likeness (QED) is 0.372. The molecule has 0 aliphatic heterocycles. The predicted molar refractivity (Wildman–Crippen MR) is 166 cm³/mol. The number of aromatic hydroxyl groups is 1. The van der Waals surface area contributed by atoms with Crippen LogP contribution in [0.3, 0.4) is 0 Å². The van der Waals surface area contributed by atoms with E-state index in [9.17, 15) is 5.11 Å². The second-order valence-corrected chi connectivity index (χ2v) is 16.5. The Balaban J connectivity index is 1.38. The third kappa shape index (κ3) is 3.56. The summed E-state index contributed by atoms with van der Waals surface area (Å²) in [5.74, 6) is 4.02. The van der Waals surface area contributed by atoms with E-state index in [0.29, 0.717) is 32.6 Å². The van der Waals surface area contributed by atoms with Crippen molar-refractivity contribution in [1.82, 2.24) is 0 Å². The number of phenols is 1. The van der Waals surface area contributed by atoms with Crippen molar-refractivity contribution in [1.29, 1.82) is 0 Å². The number of rotatable bonds is 3. The van der Waals surface area contributed by atoms with Gasteiger partial charge in [0.1, 0.15) is 5.75 Å². The highest BCUT2D eigenvalue weighted by Crippen LogP contribution is 2.78. The van der Waals surface area contributed by atoms with Crippen LogP contribution in [0.2, 0.25) is 5.02 Å². The van der Waals surface area contributed by atoms with E-state index in [2.05, 4.69) is 67.2 Å². The normalized spacial score (nSPS) is 46.4. The summed E-state index contributed by atoms with van der Waals surface area (Å²) in [5.41, 5.74) is 5.85. The fraction of sp³-hybridized carbons (Fsp3) is 0.730. The van der Waals surface area contributed by atoms with Crippen LogP contribution < -0.4 is 0 Å². The van der Waals surface area contributed by atoms with Gasteiger partial charge >= 0.3 is 0 Å². The minimum Gasteiger partial charge on any atom is -0.506 e. The van der Waals surface area contributed by atoms with Crippen molar-refractivity contribution in [2.45, 2.75) is 113 Å². The average Bonchev–Trinajstić information content (AvgIpc) is 3.26. The number of benzene rings is 1. The molecule has 9 atom stereocenters. The summed E-state index contributed by atoms with van der Waals surface area (Å²) in [6, 6.07) is 5.81. The molecule has 1 aromatic carbocycles. The Kier molecular flexibility index (Phi) is 6.37. The molecule has 39 heavy (non-hydrogen) atoms. The average molecular weight is 549 g/mol. The Hall–Kier alpha value is -1.21. The molecule has 214 valence electrons. The highest BCUT2D eigenvalue weighted by Gasteiger charge is 2.70.